The van der Waals surface area contributed by atoms with Crippen LogP contribution in [-0.2, 0) is 9.59 Å². The molecule has 8 heteroatoms. The van der Waals surface area contributed by atoms with Crippen LogP contribution >= 0.6 is 0 Å². The van der Waals surface area contributed by atoms with Gasteiger partial charge < -0.3 is 14.6 Å². The largest absolute Gasteiger partial charge is 0.507 e. The van der Waals surface area contributed by atoms with E-state index in [-0.39, 0.29) is 16.9 Å². The number of amides is 1. The smallest absolute Gasteiger partial charge is 0.300 e. The Kier molecular flexibility index (Phi) is 5.59. The normalized spacial score (nSPS) is 17.5. The van der Waals surface area contributed by atoms with Gasteiger partial charge in [0.2, 0.25) is 0 Å². The van der Waals surface area contributed by atoms with E-state index in [9.17, 15) is 19.1 Å². The van der Waals surface area contributed by atoms with Crippen LogP contribution in [0.5, 0.6) is 11.5 Å². The molecule has 1 aromatic heterocycles. The van der Waals surface area contributed by atoms with E-state index in [0.717, 1.165) is 6.07 Å². The molecule has 2 heterocycles. The minimum absolute atomic E-state index is 0.0284. The van der Waals surface area contributed by atoms with Gasteiger partial charge in [-0.15, -0.1) is 0 Å². The first kappa shape index (κ1) is 21.0. The molecule has 1 saturated heterocycles. The molecule has 0 radical (unpaired) electrons. The minimum atomic E-state index is -0.959. The highest BCUT2D eigenvalue weighted by Crippen LogP contribution is 2.43. The lowest BCUT2D eigenvalue weighted by Crippen LogP contribution is -2.29. The van der Waals surface area contributed by atoms with Crippen LogP contribution in [0.25, 0.3) is 5.76 Å². The van der Waals surface area contributed by atoms with Crippen LogP contribution in [-0.4, -0.2) is 36.0 Å². The summed E-state index contributed by atoms with van der Waals surface area (Å²) in [5, 5.41) is 11.1. The fraction of sp³-hybridized carbons (Fsp3) is 0.125. The quantitative estimate of drug-likeness (QED) is 0.373. The van der Waals surface area contributed by atoms with E-state index in [0.29, 0.717) is 17.0 Å². The first-order valence-electron chi connectivity index (χ1n) is 9.65. The van der Waals surface area contributed by atoms with E-state index in [1.54, 1.807) is 36.4 Å². The highest BCUT2D eigenvalue weighted by Gasteiger charge is 2.47. The summed E-state index contributed by atoms with van der Waals surface area (Å²) in [6.45, 7) is 0. The predicted molar refractivity (Wildman–Crippen MR) is 115 cm³/mol. The van der Waals surface area contributed by atoms with E-state index in [4.69, 9.17) is 9.47 Å². The van der Waals surface area contributed by atoms with Crippen LogP contribution < -0.4 is 14.4 Å². The van der Waals surface area contributed by atoms with Crippen molar-refractivity contribution in [3.05, 3.63) is 89.5 Å². The Morgan fingerprint density at radius 3 is 2.31 bits per heavy atom. The summed E-state index contributed by atoms with van der Waals surface area (Å²) in [4.78, 5) is 31.5. The fourth-order valence-electron chi connectivity index (χ4n) is 3.71. The second kappa shape index (κ2) is 8.50. The third-order valence-corrected chi connectivity index (χ3v) is 5.23. The molecule has 1 aliphatic rings. The van der Waals surface area contributed by atoms with Crippen LogP contribution in [0.3, 0.4) is 0 Å². The number of methoxy groups -OCH3 is 2. The molecule has 0 saturated carbocycles. The number of halogens is 1. The number of benzene rings is 2. The van der Waals surface area contributed by atoms with E-state index in [2.05, 4.69) is 4.98 Å². The fourth-order valence-corrected chi connectivity index (χ4v) is 3.71. The van der Waals surface area contributed by atoms with Crippen LogP contribution in [0.2, 0.25) is 0 Å². The number of aliphatic hydroxyl groups is 1. The SMILES string of the molecule is COc1ccc(N2C(=O)C(=O)/C(=C(/O)c3cc(F)ccc3OC)C2c2ccncc2)cc1. The van der Waals surface area contributed by atoms with Gasteiger partial charge in [0.15, 0.2) is 0 Å². The standard InChI is InChI=1S/C24H19FN2O5/c1-31-17-6-4-16(5-7-17)27-21(14-9-11-26-12-10-14)20(23(29)24(27)30)22(28)18-13-15(25)3-8-19(18)32-2/h3-13,21,28H,1-2H3/b22-20+. The number of Topliss-reactive ketones (excluding diaryl/α,β-unsaturated/α-hetero) is 1. The monoisotopic (exact) mass is 434 g/mol. The number of rotatable bonds is 5. The molecule has 3 aromatic rings. The summed E-state index contributed by atoms with van der Waals surface area (Å²) in [5.74, 6) is -2.14. The highest BCUT2D eigenvalue weighted by molar-refractivity contribution is 6.51. The second-order valence-corrected chi connectivity index (χ2v) is 6.99. The maximum absolute atomic E-state index is 14.0. The summed E-state index contributed by atoms with van der Waals surface area (Å²) < 4.78 is 24.4. The number of ether oxygens (including phenoxy) is 2. The maximum Gasteiger partial charge on any atom is 0.300 e. The predicted octanol–water partition coefficient (Wildman–Crippen LogP) is 3.86. The molecule has 1 aliphatic heterocycles. The van der Waals surface area contributed by atoms with Gasteiger partial charge in [-0.1, -0.05) is 0 Å². The van der Waals surface area contributed by atoms with Crippen molar-refractivity contribution in [3.8, 4) is 11.5 Å². The third-order valence-electron chi connectivity index (χ3n) is 5.23. The molecule has 0 aliphatic carbocycles. The Morgan fingerprint density at radius 1 is 1.00 bits per heavy atom. The molecule has 32 heavy (non-hydrogen) atoms. The van der Waals surface area contributed by atoms with Gasteiger partial charge in [-0.05, 0) is 60.2 Å². The van der Waals surface area contributed by atoms with Gasteiger partial charge in [0.05, 0.1) is 31.4 Å². The lowest BCUT2D eigenvalue weighted by atomic mass is 9.95. The highest BCUT2D eigenvalue weighted by atomic mass is 19.1. The van der Waals surface area contributed by atoms with Crippen LogP contribution in [0.15, 0.2) is 72.6 Å². The van der Waals surface area contributed by atoms with Crippen LogP contribution in [0.1, 0.15) is 17.2 Å². The van der Waals surface area contributed by atoms with E-state index in [1.807, 2.05) is 0 Å². The third kappa shape index (κ3) is 3.56. The summed E-state index contributed by atoms with van der Waals surface area (Å²) in [7, 11) is 2.88. The average Bonchev–Trinajstić information content (AvgIpc) is 3.09. The van der Waals surface area contributed by atoms with Crippen molar-refractivity contribution in [1.29, 1.82) is 0 Å². The number of aromatic nitrogens is 1. The van der Waals surface area contributed by atoms with Crippen molar-refractivity contribution in [2.24, 2.45) is 0 Å². The molecule has 162 valence electrons. The molecular weight excluding hydrogens is 415 g/mol. The lowest BCUT2D eigenvalue weighted by Gasteiger charge is -2.25. The number of carbonyl (C=O) groups is 2. The Balaban J connectivity index is 1.95. The zero-order chi connectivity index (χ0) is 22.8. The molecule has 7 nitrogen and oxygen atoms in total. The summed E-state index contributed by atoms with van der Waals surface area (Å²) in [6, 6.07) is 12.5. The van der Waals surface area contributed by atoms with Crippen LogP contribution in [0.4, 0.5) is 10.1 Å². The molecule has 2 aromatic carbocycles. The number of ketones is 1. The first-order chi connectivity index (χ1) is 15.5. The number of aliphatic hydroxyl groups excluding tert-OH is 1. The molecule has 0 spiro atoms. The number of anilines is 1. The number of hydrogen-bond donors (Lipinski definition) is 1. The molecule has 1 amide bonds. The van der Waals surface area contributed by atoms with Gasteiger partial charge >= 0.3 is 0 Å². The van der Waals surface area contributed by atoms with Gasteiger partial charge in [0, 0.05) is 18.1 Å². The Bertz CT molecular complexity index is 1210. The van der Waals surface area contributed by atoms with Gasteiger partial charge in [0.1, 0.15) is 23.1 Å². The van der Waals surface area contributed by atoms with Crippen molar-refractivity contribution < 1.29 is 28.6 Å². The van der Waals surface area contributed by atoms with Crippen molar-refractivity contribution in [1.82, 2.24) is 4.98 Å². The topological polar surface area (TPSA) is 89.0 Å². The Morgan fingerprint density at radius 2 is 1.69 bits per heavy atom. The lowest BCUT2D eigenvalue weighted by molar-refractivity contribution is -0.132. The second-order valence-electron chi connectivity index (χ2n) is 6.99. The zero-order valence-corrected chi connectivity index (χ0v) is 17.3. The van der Waals surface area contributed by atoms with Crippen LogP contribution in [0, 0.1) is 5.82 Å². The molecule has 0 bridgehead atoms. The minimum Gasteiger partial charge on any atom is -0.507 e. The number of pyridine rings is 1. The van der Waals surface area contributed by atoms with E-state index >= 15 is 0 Å². The van der Waals surface area contributed by atoms with Gasteiger partial charge in [-0.3, -0.25) is 19.5 Å². The number of carbonyl (C=O) groups excluding carboxylic acids is 2. The van der Waals surface area contributed by atoms with E-state index < -0.39 is 29.3 Å². The maximum atomic E-state index is 14.0. The zero-order valence-electron chi connectivity index (χ0n) is 17.3. The Hall–Kier alpha value is -4.20. The average molecular weight is 434 g/mol. The summed E-state index contributed by atoms with van der Waals surface area (Å²) in [5.41, 5.74) is 0.770. The van der Waals surface area contributed by atoms with Gasteiger partial charge in [-0.2, -0.15) is 0 Å². The van der Waals surface area contributed by atoms with Crippen molar-refractivity contribution in [2.75, 3.05) is 19.1 Å². The van der Waals surface area contributed by atoms with Crippen molar-refractivity contribution in [3.63, 3.8) is 0 Å². The summed E-state index contributed by atoms with van der Waals surface area (Å²) >= 11 is 0. The van der Waals surface area contributed by atoms with Gasteiger partial charge in [0.25, 0.3) is 11.7 Å². The van der Waals surface area contributed by atoms with Crippen molar-refractivity contribution >= 4 is 23.1 Å². The van der Waals surface area contributed by atoms with Crippen molar-refractivity contribution in [2.45, 2.75) is 6.04 Å². The molecule has 4 rings (SSSR count). The number of hydrogen-bond acceptors (Lipinski definition) is 6. The van der Waals surface area contributed by atoms with E-state index in [1.165, 1.54) is 43.6 Å². The molecule has 1 unspecified atom stereocenters. The number of nitrogens with zero attached hydrogens (tertiary/aromatic N) is 2. The molecule has 1 atom stereocenters. The molecule has 1 N–H and O–H groups in total. The van der Waals surface area contributed by atoms with Gasteiger partial charge in [-0.25, -0.2) is 4.39 Å². The molecular formula is C24H19FN2O5. The molecule has 1 fully saturated rings. The summed E-state index contributed by atoms with van der Waals surface area (Å²) in [6.07, 6.45) is 3.04. The first-order valence-corrected chi connectivity index (χ1v) is 9.65. The Labute approximate surface area is 183 Å².